The number of hydrogen-bond donors (Lipinski definition) is 0. The van der Waals surface area contributed by atoms with E-state index in [-0.39, 0.29) is 61.8 Å². The van der Waals surface area contributed by atoms with Crippen molar-refractivity contribution in [2.45, 2.75) is 109 Å². The average Bonchev–Trinajstić information content (AvgIpc) is 3.16. The predicted molar refractivity (Wildman–Crippen MR) is 126 cm³/mol. The summed E-state index contributed by atoms with van der Waals surface area (Å²) in [5, 5.41) is 0. The van der Waals surface area contributed by atoms with Crippen molar-refractivity contribution >= 4 is 0 Å². The van der Waals surface area contributed by atoms with Gasteiger partial charge in [-0.15, -0.1) is 26.7 Å². The van der Waals surface area contributed by atoms with E-state index in [9.17, 15) is 0 Å². The second kappa shape index (κ2) is 14.6. The van der Waals surface area contributed by atoms with Crippen LogP contribution < -0.4 is 24.8 Å². The molecule has 0 amide bonds. The van der Waals surface area contributed by atoms with Crippen LogP contribution in [0.25, 0.3) is 0 Å². The molecule has 0 bridgehead atoms. The van der Waals surface area contributed by atoms with Crippen LogP contribution >= 0.6 is 0 Å². The third-order valence-corrected chi connectivity index (χ3v) is 8.07. The Morgan fingerprint density at radius 1 is 0.677 bits per heavy atom. The largest absolute Gasteiger partial charge is 4.00 e. The Morgan fingerprint density at radius 3 is 1.10 bits per heavy atom. The molecule has 3 heteroatoms. The first-order valence-electron chi connectivity index (χ1n) is 11.4. The first kappa shape index (κ1) is 36.0. The van der Waals surface area contributed by atoms with Crippen LogP contribution in [0.2, 0.25) is 0 Å². The van der Waals surface area contributed by atoms with Crippen LogP contribution in [0, 0.1) is 34.8 Å². The minimum atomic E-state index is 0. The summed E-state index contributed by atoms with van der Waals surface area (Å²) in [4.78, 5) is 0. The first-order chi connectivity index (χ1) is 12.8. The minimum Gasteiger partial charge on any atom is -1.00 e. The summed E-state index contributed by atoms with van der Waals surface area (Å²) in [6.45, 7) is 27.6. The van der Waals surface area contributed by atoms with Crippen LogP contribution in [0.15, 0.2) is 33.4 Å². The number of rotatable bonds is 6. The maximum atomic E-state index is 3.55. The van der Waals surface area contributed by atoms with Gasteiger partial charge in [0.25, 0.3) is 0 Å². The van der Waals surface area contributed by atoms with E-state index in [1.165, 1.54) is 46.3 Å². The zero-order chi connectivity index (χ0) is 21.9. The van der Waals surface area contributed by atoms with Gasteiger partial charge in [0.1, 0.15) is 0 Å². The van der Waals surface area contributed by atoms with Crippen molar-refractivity contribution in [1.82, 2.24) is 0 Å². The van der Waals surface area contributed by atoms with Crippen LogP contribution in [-0.2, 0) is 26.2 Å². The Labute approximate surface area is 226 Å². The van der Waals surface area contributed by atoms with Gasteiger partial charge in [-0.05, 0) is 22.7 Å². The van der Waals surface area contributed by atoms with E-state index in [4.69, 9.17) is 0 Å². The first-order valence-corrected chi connectivity index (χ1v) is 11.4. The van der Waals surface area contributed by atoms with Crippen LogP contribution in [0.3, 0.4) is 0 Å². The number of halogens is 2. The van der Waals surface area contributed by atoms with E-state index in [1.54, 1.807) is 0 Å². The predicted octanol–water partition coefficient (Wildman–Crippen LogP) is 3.06. The SMILES string of the molecule is CCC(C)C(C)(C)C1=[C-]CC(C)=C1C.CCC(C)C(C)(C)C1=[C-]CC(C)=C1C.[Cl-].[Cl-].[Zr+4]. The molecule has 0 aromatic heterocycles. The molecule has 0 N–H and O–H groups in total. The van der Waals surface area contributed by atoms with Crippen molar-refractivity contribution in [2.24, 2.45) is 22.7 Å². The molecule has 0 aliphatic heterocycles. The van der Waals surface area contributed by atoms with Gasteiger partial charge in [0.05, 0.1) is 0 Å². The molecule has 176 valence electrons. The molecule has 0 aromatic carbocycles. The Balaban J connectivity index is -0.000000461. The second-order valence-electron chi connectivity index (χ2n) is 10.3. The van der Waals surface area contributed by atoms with E-state index in [0.29, 0.717) is 0 Å². The van der Waals surface area contributed by atoms with Crippen LogP contribution in [-0.4, -0.2) is 0 Å². The molecule has 0 saturated carbocycles. The zero-order valence-corrected chi connectivity index (χ0v) is 26.2. The molecule has 2 atom stereocenters. The molecule has 2 unspecified atom stereocenters. The van der Waals surface area contributed by atoms with Crippen LogP contribution in [0.5, 0.6) is 0 Å². The van der Waals surface area contributed by atoms with Crippen molar-refractivity contribution in [2.75, 3.05) is 0 Å². The van der Waals surface area contributed by atoms with Gasteiger partial charge in [-0.1, -0.05) is 82.1 Å². The Hall–Kier alpha value is 0.423. The molecule has 0 heterocycles. The fourth-order valence-electron chi connectivity index (χ4n) is 4.33. The Kier molecular flexibility index (Phi) is 17.0. The number of hydrogen-bond acceptors (Lipinski definition) is 0. The maximum absolute atomic E-state index is 3.55. The van der Waals surface area contributed by atoms with Crippen molar-refractivity contribution in [3.63, 3.8) is 0 Å². The van der Waals surface area contributed by atoms with Gasteiger partial charge < -0.3 is 24.8 Å². The monoisotopic (exact) mass is 542 g/mol. The zero-order valence-electron chi connectivity index (χ0n) is 22.2. The van der Waals surface area contributed by atoms with Gasteiger partial charge in [-0.25, -0.2) is 11.1 Å². The molecule has 0 radical (unpaired) electrons. The summed E-state index contributed by atoms with van der Waals surface area (Å²) >= 11 is 0. The third-order valence-electron chi connectivity index (χ3n) is 8.07. The van der Waals surface area contributed by atoms with E-state index in [0.717, 1.165) is 24.7 Å². The summed E-state index contributed by atoms with van der Waals surface area (Å²) in [7, 11) is 0. The molecule has 0 nitrogen and oxygen atoms in total. The Morgan fingerprint density at radius 2 is 0.935 bits per heavy atom. The van der Waals surface area contributed by atoms with Gasteiger partial charge >= 0.3 is 26.2 Å². The molecule has 31 heavy (non-hydrogen) atoms. The Bertz CT molecular complexity index is 630. The van der Waals surface area contributed by atoms with Crippen molar-refractivity contribution in [3.05, 3.63) is 45.6 Å². The molecule has 2 aliphatic carbocycles. The molecule has 2 aliphatic rings. The fraction of sp³-hybridized carbons (Fsp3) is 0.714. The summed E-state index contributed by atoms with van der Waals surface area (Å²) < 4.78 is 0. The fourth-order valence-corrected chi connectivity index (χ4v) is 4.33. The summed E-state index contributed by atoms with van der Waals surface area (Å²) in [5.74, 6) is 1.46. The van der Waals surface area contributed by atoms with Crippen LogP contribution in [0.4, 0.5) is 0 Å². The van der Waals surface area contributed by atoms with Crippen LogP contribution in [0.1, 0.15) is 109 Å². The second-order valence-corrected chi connectivity index (χ2v) is 10.3. The number of allylic oxidation sites excluding steroid dienone is 8. The standard InChI is InChI=1S/2C14H23.2ClH.Zr/c2*1-7-11(3)14(5,6)13-9-8-10(2)12(13)4;;;/h2*11H,7-8H2,1-6H3;2*1H;/q2*-1;;;+4/p-2. The quantitative estimate of drug-likeness (QED) is 0.451. The van der Waals surface area contributed by atoms with Crippen molar-refractivity contribution in [1.29, 1.82) is 0 Å². The van der Waals surface area contributed by atoms with E-state index < -0.39 is 0 Å². The summed E-state index contributed by atoms with van der Waals surface area (Å²) in [6.07, 6.45) is 11.7. The molecule has 0 spiro atoms. The molecular weight excluding hydrogens is 498 g/mol. The molecule has 2 rings (SSSR count). The van der Waals surface area contributed by atoms with Gasteiger partial charge in [0, 0.05) is 0 Å². The summed E-state index contributed by atoms with van der Waals surface area (Å²) in [5.41, 5.74) is 9.46. The van der Waals surface area contributed by atoms with E-state index in [1.807, 2.05) is 0 Å². The van der Waals surface area contributed by atoms with Gasteiger partial charge in [-0.3, -0.25) is 12.2 Å². The van der Waals surface area contributed by atoms with Crippen molar-refractivity contribution in [3.8, 4) is 0 Å². The summed E-state index contributed by atoms with van der Waals surface area (Å²) in [6, 6.07) is 0. The van der Waals surface area contributed by atoms with Gasteiger partial charge in [-0.2, -0.15) is 22.3 Å². The average molecular weight is 545 g/mol. The minimum absolute atomic E-state index is 0. The normalized spacial score (nSPS) is 18.1. The molecule has 0 aromatic rings. The van der Waals surface area contributed by atoms with E-state index in [2.05, 4.69) is 95.2 Å². The third kappa shape index (κ3) is 8.30. The topological polar surface area (TPSA) is 0 Å². The van der Waals surface area contributed by atoms with E-state index >= 15 is 0 Å². The molecule has 0 fully saturated rings. The molecular formula is C28H46Cl2Zr. The smallest absolute Gasteiger partial charge is 1.00 e. The maximum Gasteiger partial charge on any atom is 4.00 e. The van der Waals surface area contributed by atoms with Gasteiger partial charge in [0.15, 0.2) is 0 Å². The molecule has 0 saturated heterocycles. The van der Waals surface area contributed by atoms with Gasteiger partial charge in [0.2, 0.25) is 0 Å². The van der Waals surface area contributed by atoms with Crippen molar-refractivity contribution < 1.29 is 51.0 Å².